The summed E-state index contributed by atoms with van der Waals surface area (Å²) < 4.78 is 0. The van der Waals surface area contributed by atoms with E-state index < -0.39 is 0 Å². The van der Waals surface area contributed by atoms with Gasteiger partial charge in [0.05, 0.1) is 5.69 Å². The number of rotatable bonds is 4. The van der Waals surface area contributed by atoms with Gasteiger partial charge in [-0.2, -0.15) is 0 Å². The summed E-state index contributed by atoms with van der Waals surface area (Å²) >= 11 is 0. The van der Waals surface area contributed by atoms with Gasteiger partial charge in [-0.1, -0.05) is 20.3 Å². The number of amides is 2. The number of hydrogen-bond acceptors (Lipinski definition) is 3. The molecule has 1 atom stereocenters. The van der Waals surface area contributed by atoms with Crippen molar-refractivity contribution in [2.75, 3.05) is 16.8 Å². The first-order chi connectivity index (χ1) is 9.51. The van der Waals surface area contributed by atoms with Crippen molar-refractivity contribution in [3.8, 4) is 0 Å². The number of nitrogens with zero attached hydrogens (tertiary/aromatic N) is 2. The molecule has 1 aliphatic heterocycles. The van der Waals surface area contributed by atoms with E-state index in [1.807, 2.05) is 13.0 Å². The molecule has 0 aromatic carbocycles. The van der Waals surface area contributed by atoms with E-state index >= 15 is 0 Å². The van der Waals surface area contributed by atoms with Gasteiger partial charge < -0.3 is 5.32 Å². The van der Waals surface area contributed by atoms with E-state index in [-0.39, 0.29) is 18.4 Å². The second-order valence-corrected chi connectivity index (χ2v) is 5.46. The van der Waals surface area contributed by atoms with Gasteiger partial charge in [-0.05, 0) is 30.9 Å². The summed E-state index contributed by atoms with van der Waals surface area (Å²) in [4.78, 5) is 29.8. The molecule has 2 rings (SSSR count). The van der Waals surface area contributed by atoms with Gasteiger partial charge >= 0.3 is 0 Å². The molecule has 1 aliphatic rings. The fourth-order valence-corrected chi connectivity index (χ4v) is 2.19. The van der Waals surface area contributed by atoms with Gasteiger partial charge in [0.1, 0.15) is 6.54 Å². The number of anilines is 2. The quantitative estimate of drug-likeness (QED) is 0.918. The minimum atomic E-state index is -0.165. The van der Waals surface area contributed by atoms with Crippen molar-refractivity contribution in [1.29, 1.82) is 0 Å². The Balaban J connectivity index is 2.16. The van der Waals surface area contributed by atoms with E-state index in [9.17, 15) is 9.59 Å². The fraction of sp³-hybridized carbons (Fsp3) is 0.533. The number of carbonyl (C=O) groups excluding carboxylic acids is 2. The third-order valence-corrected chi connectivity index (χ3v) is 3.68. The van der Waals surface area contributed by atoms with Gasteiger partial charge in [0.15, 0.2) is 5.82 Å². The molecule has 1 unspecified atom stereocenters. The Morgan fingerprint density at radius 1 is 1.55 bits per heavy atom. The molecule has 5 nitrogen and oxygen atoms in total. The molecule has 1 N–H and O–H groups in total. The molecule has 0 aliphatic carbocycles. The molecule has 1 aromatic rings. The highest BCUT2D eigenvalue weighted by atomic mass is 16.2. The smallest absolute Gasteiger partial charge is 0.244 e. The molecular formula is C15H21N3O2. The zero-order valence-electron chi connectivity index (χ0n) is 12.3. The van der Waals surface area contributed by atoms with Crippen molar-refractivity contribution in [2.45, 2.75) is 40.0 Å². The summed E-state index contributed by atoms with van der Waals surface area (Å²) in [7, 11) is 0. The predicted molar refractivity (Wildman–Crippen MR) is 78.6 cm³/mol. The van der Waals surface area contributed by atoms with E-state index in [1.54, 1.807) is 6.20 Å². The predicted octanol–water partition coefficient (Wildman–Crippen LogP) is 2.50. The highest BCUT2D eigenvalue weighted by molar-refractivity contribution is 6.08. The Kier molecular flexibility index (Phi) is 4.37. The van der Waals surface area contributed by atoms with Gasteiger partial charge in [-0.15, -0.1) is 0 Å². The highest BCUT2D eigenvalue weighted by Crippen LogP contribution is 2.28. The zero-order valence-corrected chi connectivity index (χ0v) is 12.3. The fourth-order valence-electron chi connectivity index (χ4n) is 2.19. The van der Waals surface area contributed by atoms with Crippen LogP contribution < -0.4 is 10.2 Å². The molecule has 0 bridgehead atoms. The number of aryl methyl sites for hydroxylation is 1. The Morgan fingerprint density at radius 2 is 2.30 bits per heavy atom. The normalized spacial score (nSPS) is 15.6. The molecule has 0 saturated carbocycles. The summed E-state index contributed by atoms with van der Waals surface area (Å²) in [6.45, 7) is 6.21. The van der Waals surface area contributed by atoms with Gasteiger partial charge in [0.25, 0.3) is 0 Å². The summed E-state index contributed by atoms with van der Waals surface area (Å²) in [5, 5.41) is 2.77. The van der Waals surface area contributed by atoms with E-state index in [1.165, 1.54) is 4.90 Å². The Hall–Kier alpha value is -1.91. The number of carbonyl (C=O) groups is 2. The van der Waals surface area contributed by atoms with Crippen LogP contribution in [-0.2, 0) is 9.59 Å². The monoisotopic (exact) mass is 275 g/mol. The summed E-state index contributed by atoms with van der Waals surface area (Å²) in [6, 6.07) is 1.84. The number of nitrogens with one attached hydrogen (secondary N) is 1. The Bertz CT molecular complexity index is 528. The van der Waals surface area contributed by atoms with Crippen LogP contribution in [0.4, 0.5) is 11.5 Å². The van der Waals surface area contributed by atoms with Crippen LogP contribution in [0.15, 0.2) is 12.3 Å². The maximum absolute atomic E-state index is 12.3. The second kappa shape index (κ2) is 6.03. The first-order valence-corrected chi connectivity index (χ1v) is 7.08. The molecule has 0 fully saturated rings. The topological polar surface area (TPSA) is 62.3 Å². The van der Waals surface area contributed by atoms with E-state index in [0.717, 1.165) is 18.4 Å². The largest absolute Gasteiger partial charge is 0.321 e. The maximum Gasteiger partial charge on any atom is 0.244 e. The van der Waals surface area contributed by atoms with Crippen LogP contribution in [0, 0.1) is 12.8 Å². The van der Waals surface area contributed by atoms with Crippen molar-refractivity contribution in [3.05, 3.63) is 17.8 Å². The van der Waals surface area contributed by atoms with Crippen molar-refractivity contribution < 1.29 is 9.59 Å². The van der Waals surface area contributed by atoms with Gasteiger partial charge in [0, 0.05) is 12.6 Å². The average molecular weight is 275 g/mol. The minimum absolute atomic E-state index is 0.0299. The van der Waals surface area contributed by atoms with Crippen LogP contribution >= 0.6 is 0 Å². The maximum atomic E-state index is 12.3. The lowest BCUT2D eigenvalue weighted by atomic mass is 10.0. The van der Waals surface area contributed by atoms with Crippen molar-refractivity contribution in [2.24, 2.45) is 5.92 Å². The SMILES string of the molecule is CCC(C)CCC(=O)N1CC(=O)Nc2cc(C)cnc21. The summed E-state index contributed by atoms with van der Waals surface area (Å²) in [5.74, 6) is 0.881. The summed E-state index contributed by atoms with van der Waals surface area (Å²) in [6.07, 6.45) is 4.07. The first-order valence-electron chi connectivity index (χ1n) is 7.08. The molecule has 20 heavy (non-hydrogen) atoms. The number of pyridine rings is 1. The molecule has 2 amide bonds. The molecule has 0 saturated heterocycles. The van der Waals surface area contributed by atoms with Crippen LogP contribution in [0.2, 0.25) is 0 Å². The Morgan fingerprint density at radius 3 is 3.00 bits per heavy atom. The average Bonchev–Trinajstić information content (AvgIpc) is 2.42. The lowest BCUT2D eigenvalue weighted by molar-refractivity contribution is -0.122. The van der Waals surface area contributed by atoms with Crippen LogP contribution in [-0.4, -0.2) is 23.3 Å². The lowest BCUT2D eigenvalue weighted by Crippen LogP contribution is -2.42. The first kappa shape index (κ1) is 14.5. The van der Waals surface area contributed by atoms with Gasteiger partial charge in [-0.3, -0.25) is 14.5 Å². The highest BCUT2D eigenvalue weighted by Gasteiger charge is 2.27. The minimum Gasteiger partial charge on any atom is -0.321 e. The molecule has 108 valence electrons. The third kappa shape index (κ3) is 3.15. The standard InChI is InChI=1S/C15H21N3O2/c1-4-10(2)5-6-14(20)18-9-13(19)17-12-7-11(3)8-16-15(12)18/h7-8,10H,4-6,9H2,1-3H3,(H,17,19). The summed E-state index contributed by atoms with van der Waals surface area (Å²) in [5.41, 5.74) is 1.58. The zero-order chi connectivity index (χ0) is 14.7. The van der Waals surface area contributed by atoms with Crippen molar-refractivity contribution in [3.63, 3.8) is 0 Å². The van der Waals surface area contributed by atoms with Gasteiger partial charge in [-0.25, -0.2) is 4.98 Å². The molecule has 2 heterocycles. The molecule has 1 aromatic heterocycles. The van der Waals surface area contributed by atoms with Crippen LogP contribution in [0.5, 0.6) is 0 Å². The van der Waals surface area contributed by atoms with E-state index in [4.69, 9.17) is 0 Å². The van der Waals surface area contributed by atoms with Crippen LogP contribution in [0.3, 0.4) is 0 Å². The van der Waals surface area contributed by atoms with Crippen LogP contribution in [0.25, 0.3) is 0 Å². The van der Waals surface area contributed by atoms with Crippen molar-refractivity contribution in [1.82, 2.24) is 4.98 Å². The number of aromatic nitrogens is 1. The molecular weight excluding hydrogens is 254 g/mol. The number of hydrogen-bond donors (Lipinski definition) is 1. The molecule has 0 spiro atoms. The second-order valence-electron chi connectivity index (χ2n) is 5.46. The molecule has 0 radical (unpaired) electrons. The van der Waals surface area contributed by atoms with E-state index in [0.29, 0.717) is 23.8 Å². The van der Waals surface area contributed by atoms with E-state index in [2.05, 4.69) is 24.1 Å². The third-order valence-electron chi connectivity index (χ3n) is 3.68. The van der Waals surface area contributed by atoms with Gasteiger partial charge in [0.2, 0.25) is 11.8 Å². The molecule has 5 heteroatoms. The van der Waals surface area contributed by atoms with Crippen molar-refractivity contribution >= 4 is 23.3 Å². The number of fused-ring (bicyclic) bond motifs is 1. The van der Waals surface area contributed by atoms with Crippen LogP contribution in [0.1, 0.15) is 38.7 Å². The lowest BCUT2D eigenvalue weighted by Gasteiger charge is -2.28. The Labute approximate surface area is 119 Å².